The maximum Gasteiger partial charge on any atom is 0.0540 e. The number of anilines is 6. The Morgan fingerprint density at radius 2 is 0.857 bits per heavy atom. The van der Waals surface area contributed by atoms with E-state index in [9.17, 15) is 0 Å². The van der Waals surface area contributed by atoms with Crippen molar-refractivity contribution in [2.75, 3.05) is 9.80 Å². The fraction of sp³-hybridized carbons (Fsp3) is 0.0213. The first-order valence-corrected chi connectivity index (χ1v) is 16.9. The molecule has 2 heteroatoms. The van der Waals surface area contributed by atoms with Gasteiger partial charge in [0.1, 0.15) is 0 Å². The first-order chi connectivity index (χ1) is 24.3. The highest BCUT2D eigenvalue weighted by molar-refractivity contribution is 6.00. The average Bonchev–Trinajstić information content (AvgIpc) is 3.18. The summed E-state index contributed by atoms with van der Waals surface area (Å²) in [6, 6.07) is 70.1. The third-order valence-electron chi connectivity index (χ3n) is 9.65. The van der Waals surface area contributed by atoms with E-state index in [-0.39, 0.29) is 0 Å². The Kier molecular flexibility index (Phi) is 7.25. The van der Waals surface area contributed by atoms with Crippen molar-refractivity contribution in [3.63, 3.8) is 0 Å². The van der Waals surface area contributed by atoms with Gasteiger partial charge < -0.3 is 9.80 Å². The Hall–Kier alpha value is -6.38. The van der Waals surface area contributed by atoms with Gasteiger partial charge in [0.15, 0.2) is 0 Å². The molecule has 8 aromatic carbocycles. The van der Waals surface area contributed by atoms with Gasteiger partial charge in [-0.25, -0.2) is 0 Å². The molecule has 0 aromatic heterocycles. The van der Waals surface area contributed by atoms with Crippen LogP contribution in [0.2, 0.25) is 0 Å². The van der Waals surface area contributed by atoms with E-state index in [1.807, 2.05) is 0 Å². The molecule has 8 aromatic rings. The van der Waals surface area contributed by atoms with Gasteiger partial charge in [0.05, 0.1) is 5.69 Å². The molecule has 49 heavy (non-hydrogen) atoms. The molecule has 1 aliphatic heterocycles. The van der Waals surface area contributed by atoms with Gasteiger partial charge in [-0.1, -0.05) is 133 Å². The van der Waals surface area contributed by atoms with Crippen LogP contribution in [0.5, 0.6) is 0 Å². The number of para-hydroxylation sites is 2. The van der Waals surface area contributed by atoms with E-state index in [0.29, 0.717) is 0 Å². The lowest BCUT2D eigenvalue weighted by Crippen LogP contribution is -2.18. The summed E-state index contributed by atoms with van der Waals surface area (Å²) in [5.74, 6) is 0. The van der Waals surface area contributed by atoms with Crippen molar-refractivity contribution < 1.29 is 0 Å². The van der Waals surface area contributed by atoms with E-state index in [0.717, 1.165) is 23.5 Å². The van der Waals surface area contributed by atoms with E-state index in [2.05, 4.69) is 204 Å². The number of hydrogen-bond donors (Lipinski definition) is 0. The number of fused-ring (bicyclic) bond motifs is 3. The van der Waals surface area contributed by atoms with Crippen LogP contribution in [0, 0.1) is 0 Å². The van der Waals surface area contributed by atoms with Crippen LogP contribution in [0.25, 0.3) is 33.0 Å². The van der Waals surface area contributed by atoms with E-state index in [4.69, 9.17) is 0 Å². The smallest absolute Gasteiger partial charge is 0.0540 e. The molecule has 0 atom stereocenters. The summed E-state index contributed by atoms with van der Waals surface area (Å²) >= 11 is 0. The summed E-state index contributed by atoms with van der Waals surface area (Å²) in [7, 11) is 0. The highest BCUT2D eigenvalue weighted by Crippen LogP contribution is 2.47. The quantitative estimate of drug-likeness (QED) is 0.181. The third kappa shape index (κ3) is 5.34. The zero-order chi connectivity index (χ0) is 32.6. The van der Waals surface area contributed by atoms with Crippen LogP contribution < -0.4 is 9.80 Å². The normalized spacial score (nSPS) is 12.0. The Bertz CT molecular complexity index is 2390. The highest BCUT2D eigenvalue weighted by atomic mass is 15.2. The lowest BCUT2D eigenvalue weighted by Gasteiger charge is -2.34. The third-order valence-corrected chi connectivity index (χ3v) is 9.65. The van der Waals surface area contributed by atoms with Gasteiger partial charge >= 0.3 is 0 Å². The van der Waals surface area contributed by atoms with Gasteiger partial charge in [-0.05, 0) is 99.4 Å². The molecule has 0 unspecified atom stereocenters. The molecule has 1 heterocycles. The minimum absolute atomic E-state index is 0.902. The van der Waals surface area contributed by atoms with Crippen molar-refractivity contribution in [3.8, 4) is 22.3 Å². The summed E-state index contributed by atoms with van der Waals surface area (Å²) in [5, 5.41) is 2.50. The molecule has 0 radical (unpaired) electrons. The molecule has 0 fully saturated rings. The van der Waals surface area contributed by atoms with Gasteiger partial charge in [0, 0.05) is 40.2 Å². The van der Waals surface area contributed by atoms with E-state index in [1.165, 1.54) is 61.2 Å². The summed E-state index contributed by atoms with van der Waals surface area (Å²) in [6.45, 7) is 0. The van der Waals surface area contributed by atoms with Crippen LogP contribution in [0.4, 0.5) is 34.1 Å². The van der Waals surface area contributed by atoms with Gasteiger partial charge in [-0.15, -0.1) is 0 Å². The fourth-order valence-corrected chi connectivity index (χ4v) is 7.26. The van der Waals surface area contributed by atoms with Crippen LogP contribution in [-0.4, -0.2) is 0 Å². The predicted octanol–water partition coefficient (Wildman–Crippen LogP) is 13.0. The molecule has 1 aliphatic rings. The minimum atomic E-state index is 0.902. The van der Waals surface area contributed by atoms with E-state index in [1.54, 1.807) is 0 Å². The molecule has 2 nitrogen and oxygen atoms in total. The van der Waals surface area contributed by atoms with Gasteiger partial charge in [0.2, 0.25) is 0 Å². The monoisotopic (exact) mass is 626 g/mol. The van der Waals surface area contributed by atoms with Crippen molar-refractivity contribution in [1.29, 1.82) is 0 Å². The highest BCUT2D eigenvalue weighted by Gasteiger charge is 2.25. The number of hydrogen-bond acceptors (Lipinski definition) is 2. The summed E-state index contributed by atoms with van der Waals surface area (Å²) in [5.41, 5.74) is 14.6. The van der Waals surface area contributed by atoms with Crippen LogP contribution in [-0.2, 0) is 6.42 Å². The number of benzene rings is 8. The molecular formula is C47H34N2. The second-order valence-electron chi connectivity index (χ2n) is 12.6. The minimum Gasteiger partial charge on any atom is -0.311 e. The van der Waals surface area contributed by atoms with Crippen LogP contribution in [0.3, 0.4) is 0 Å². The Balaban J connectivity index is 1.08. The molecule has 0 saturated carbocycles. The lowest BCUT2D eigenvalue weighted by molar-refractivity contribution is 1.09. The Labute approximate surface area is 287 Å². The summed E-state index contributed by atoms with van der Waals surface area (Å²) in [6.07, 6.45) is 0.902. The zero-order valence-electron chi connectivity index (χ0n) is 27.1. The van der Waals surface area contributed by atoms with Crippen molar-refractivity contribution in [3.05, 3.63) is 205 Å². The molecular weight excluding hydrogens is 593 g/mol. The summed E-state index contributed by atoms with van der Waals surface area (Å²) in [4.78, 5) is 4.77. The largest absolute Gasteiger partial charge is 0.311 e. The second kappa shape index (κ2) is 12.3. The molecule has 0 spiro atoms. The predicted molar refractivity (Wildman–Crippen MR) is 207 cm³/mol. The van der Waals surface area contributed by atoms with Gasteiger partial charge in [-0.3, -0.25) is 0 Å². The van der Waals surface area contributed by atoms with Gasteiger partial charge in [0.25, 0.3) is 0 Å². The van der Waals surface area contributed by atoms with Crippen molar-refractivity contribution in [2.24, 2.45) is 0 Å². The standard InChI is InChI=1S/C47H34N2/c1-3-12-34(13-4-1)35-22-27-42(28-23-35)48(41-17-5-2-6-18-41)43-29-24-36(25-30-43)38-26-31-46-40(32-38)33-39-15-8-10-20-45(39)49(46)47-21-11-16-37-14-7-9-19-44(37)47/h1-32H,33H2. The Morgan fingerprint density at radius 1 is 0.347 bits per heavy atom. The maximum absolute atomic E-state index is 2.45. The molecule has 0 aliphatic carbocycles. The molecule has 0 amide bonds. The van der Waals surface area contributed by atoms with Crippen LogP contribution in [0.15, 0.2) is 194 Å². The Morgan fingerprint density at radius 3 is 1.61 bits per heavy atom. The van der Waals surface area contributed by atoms with Crippen LogP contribution >= 0.6 is 0 Å². The lowest BCUT2D eigenvalue weighted by atomic mass is 9.91. The molecule has 0 saturated heterocycles. The SMILES string of the molecule is c1ccc(-c2ccc(N(c3ccccc3)c3ccc(-c4ccc5c(c4)Cc4ccccc4N5c4cccc5ccccc45)cc3)cc2)cc1. The van der Waals surface area contributed by atoms with Crippen molar-refractivity contribution in [2.45, 2.75) is 6.42 Å². The van der Waals surface area contributed by atoms with Crippen molar-refractivity contribution >= 4 is 44.9 Å². The number of rotatable bonds is 6. The van der Waals surface area contributed by atoms with Crippen LogP contribution in [0.1, 0.15) is 11.1 Å². The first-order valence-electron chi connectivity index (χ1n) is 16.9. The fourth-order valence-electron chi connectivity index (χ4n) is 7.26. The summed E-state index contributed by atoms with van der Waals surface area (Å²) < 4.78 is 0. The molecule has 232 valence electrons. The molecule has 0 N–H and O–H groups in total. The van der Waals surface area contributed by atoms with Crippen molar-refractivity contribution in [1.82, 2.24) is 0 Å². The van der Waals surface area contributed by atoms with Gasteiger partial charge in [-0.2, -0.15) is 0 Å². The molecule has 0 bridgehead atoms. The zero-order valence-corrected chi connectivity index (χ0v) is 27.1. The number of nitrogens with zero attached hydrogens (tertiary/aromatic N) is 2. The average molecular weight is 627 g/mol. The molecule has 9 rings (SSSR count). The van der Waals surface area contributed by atoms with E-state index < -0.39 is 0 Å². The van der Waals surface area contributed by atoms with E-state index >= 15 is 0 Å². The second-order valence-corrected chi connectivity index (χ2v) is 12.6. The first kappa shape index (κ1) is 28.8. The topological polar surface area (TPSA) is 6.48 Å². The maximum atomic E-state index is 2.45.